The van der Waals surface area contributed by atoms with Crippen molar-refractivity contribution in [3.8, 4) is 0 Å². The van der Waals surface area contributed by atoms with E-state index in [9.17, 15) is 0 Å². The van der Waals surface area contributed by atoms with Gasteiger partial charge in [-0.3, -0.25) is 0 Å². The quantitative estimate of drug-likeness (QED) is 0.553. The number of hydrogen-bond acceptors (Lipinski definition) is 2. The minimum Gasteiger partial charge on any atom is -0.375 e. The van der Waals surface area contributed by atoms with Crippen LogP contribution in [-0.4, -0.2) is 25.4 Å². The summed E-state index contributed by atoms with van der Waals surface area (Å²) in [6.45, 7) is 4.11. The summed E-state index contributed by atoms with van der Waals surface area (Å²) < 4.78 is 11.5. The summed E-state index contributed by atoms with van der Waals surface area (Å²) >= 11 is 0. The minimum absolute atomic E-state index is 0.399. The van der Waals surface area contributed by atoms with Crippen molar-refractivity contribution >= 4 is 0 Å². The largest absolute Gasteiger partial charge is 0.375 e. The molecule has 1 heterocycles. The maximum atomic E-state index is 5.75. The van der Waals surface area contributed by atoms with Gasteiger partial charge in [-0.2, -0.15) is 0 Å². The van der Waals surface area contributed by atoms with Gasteiger partial charge in [0.15, 0.2) is 0 Å². The highest BCUT2D eigenvalue weighted by molar-refractivity contribution is 4.81. The Balaban J connectivity index is 1.94. The molecule has 2 rings (SSSR count). The van der Waals surface area contributed by atoms with Gasteiger partial charge in [0, 0.05) is 13.2 Å². The molecule has 0 aromatic carbocycles. The third-order valence-electron chi connectivity index (χ3n) is 2.95. The summed E-state index contributed by atoms with van der Waals surface area (Å²) in [5.74, 6) is 0.827. The lowest BCUT2D eigenvalue weighted by molar-refractivity contribution is -0.0683. The van der Waals surface area contributed by atoms with E-state index in [4.69, 9.17) is 9.47 Å². The molecular weight excluding hydrogens is 152 g/mol. The number of hydrogen-bond donors (Lipinski definition) is 0. The van der Waals surface area contributed by atoms with Crippen LogP contribution in [0.5, 0.6) is 0 Å². The number of ether oxygens (including phenoxy) is 2. The molecule has 0 radical (unpaired) electrons. The zero-order valence-electron chi connectivity index (χ0n) is 7.79. The van der Waals surface area contributed by atoms with Crippen molar-refractivity contribution in [2.24, 2.45) is 5.92 Å². The summed E-state index contributed by atoms with van der Waals surface area (Å²) in [7, 11) is 0. The molecule has 2 heteroatoms. The van der Waals surface area contributed by atoms with Crippen molar-refractivity contribution in [1.29, 1.82) is 0 Å². The molecule has 1 saturated heterocycles. The molecule has 0 aromatic rings. The highest BCUT2D eigenvalue weighted by Gasteiger charge is 2.31. The SMILES string of the molecule is CC1CCC2OCCCOC2C1. The second-order valence-electron chi connectivity index (χ2n) is 4.09. The Bertz CT molecular complexity index is 147. The molecule has 1 saturated carbocycles. The first-order chi connectivity index (χ1) is 5.86. The lowest BCUT2D eigenvalue weighted by atomic mass is 9.86. The molecule has 2 nitrogen and oxygen atoms in total. The second-order valence-corrected chi connectivity index (χ2v) is 4.09. The van der Waals surface area contributed by atoms with Crippen LogP contribution < -0.4 is 0 Å². The average Bonchev–Trinajstić information content (AvgIpc) is 2.28. The van der Waals surface area contributed by atoms with Crippen LogP contribution in [0.3, 0.4) is 0 Å². The highest BCUT2D eigenvalue weighted by atomic mass is 16.5. The van der Waals surface area contributed by atoms with Crippen molar-refractivity contribution in [3.05, 3.63) is 0 Å². The van der Waals surface area contributed by atoms with Gasteiger partial charge in [0.2, 0.25) is 0 Å². The van der Waals surface area contributed by atoms with Crippen molar-refractivity contribution in [3.63, 3.8) is 0 Å². The van der Waals surface area contributed by atoms with Crippen LogP contribution in [0.25, 0.3) is 0 Å². The highest BCUT2D eigenvalue weighted by Crippen LogP contribution is 2.29. The molecule has 0 aromatic heterocycles. The fraction of sp³-hybridized carbons (Fsp3) is 1.00. The van der Waals surface area contributed by atoms with Gasteiger partial charge in [-0.1, -0.05) is 6.92 Å². The van der Waals surface area contributed by atoms with Crippen LogP contribution in [0.4, 0.5) is 0 Å². The molecule has 12 heavy (non-hydrogen) atoms. The van der Waals surface area contributed by atoms with E-state index in [1.54, 1.807) is 0 Å². The first kappa shape index (κ1) is 8.52. The fourth-order valence-electron chi connectivity index (χ4n) is 2.20. The van der Waals surface area contributed by atoms with Crippen LogP contribution in [-0.2, 0) is 9.47 Å². The zero-order valence-corrected chi connectivity index (χ0v) is 7.79. The normalized spacial score (nSPS) is 43.2. The smallest absolute Gasteiger partial charge is 0.0839 e. The Kier molecular flexibility index (Phi) is 2.66. The monoisotopic (exact) mass is 170 g/mol. The van der Waals surface area contributed by atoms with E-state index in [0.717, 1.165) is 25.6 Å². The summed E-state index contributed by atoms with van der Waals surface area (Å²) in [6.07, 6.45) is 5.59. The van der Waals surface area contributed by atoms with Crippen LogP contribution >= 0.6 is 0 Å². The number of fused-ring (bicyclic) bond motifs is 1. The molecule has 1 aliphatic carbocycles. The summed E-state index contributed by atoms with van der Waals surface area (Å²) in [4.78, 5) is 0. The fourth-order valence-corrected chi connectivity index (χ4v) is 2.20. The van der Waals surface area contributed by atoms with Gasteiger partial charge in [0.25, 0.3) is 0 Å². The van der Waals surface area contributed by atoms with Gasteiger partial charge in [0.05, 0.1) is 12.2 Å². The maximum absolute atomic E-state index is 5.75. The summed E-state index contributed by atoms with van der Waals surface area (Å²) in [5, 5.41) is 0. The third-order valence-corrected chi connectivity index (χ3v) is 2.95. The molecule has 3 atom stereocenters. The Morgan fingerprint density at radius 2 is 1.75 bits per heavy atom. The first-order valence-electron chi connectivity index (χ1n) is 5.09. The second kappa shape index (κ2) is 3.75. The van der Waals surface area contributed by atoms with E-state index in [0.29, 0.717) is 12.2 Å². The summed E-state index contributed by atoms with van der Waals surface area (Å²) in [5.41, 5.74) is 0. The molecule has 2 aliphatic rings. The van der Waals surface area contributed by atoms with E-state index in [1.165, 1.54) is 19.3 Å². The van der Waals surface area contributed by atoms with Crippen molar-refractivity contribution in [2.45, 2.75) is 44.8 Å². The molecule has 0 N–H and O–H groups in total. The van der Waals surface area contributed by atoms with Crippen molar-refractivity contribution in [1.82, 2.24) is 0 Å². The first-order valence-corrected chi connectivity index (χ1v) is 5.09. The van der Waals surface area contributed by atoms with Crippen LogP contribution in [0.2, 0.25) is 0 Å². The molecule has 0 amide bonds. The zero-order chi connectivity index (χ0) is 8.39. The van der Waals surface area contributed by atoms with Gasteiger partial charge in [-0.15, -0.1) is 0 Å². The molecule has 70 valence electrons. The maximum Gasteiger partial charge on any atom is 0.0839 e. The molecule has 1 aliphatic heterocycles. The molecule has 3 unspecified atom stereocenters. The molecule has 0 spiro atoms. The Morgan fingerprint density at radius 3 is 2.58 bits per heavy atom. The Hall–Kier alpha value is -0.0800. The average molecular weight is 170 g/mol. The van der Waals surface area contributed by atoms with Crippen molar-refractivity contribution in [2.75, 3.05) is 13.2 Å². The third kappa shape index (κ3) is 1.80. The van der Waals surface area contributed by atoms with Gasteiger partial charge in [-0.05, 0) is 31.6 Å². The van der Waals surface area contributed by atoms with Gasteiger partial charge in [0.1, 0.15) is 0 Å². The van der Waals surface area contributed by atoms with Crippen molar-refractivity contribution < 1.29 is 9.47 Å². The van der Waals surface area contributed by atoms with Crippen LogP contribution in [0, 0.1) is 5.92 Å². The molecule has 2 fully saturated rings. The number of rotatable bonds is 0. The van der Waals surface area contributed by atoms with E-state index < -0.39 is 0 Å². The van der Waals surface area contributed by atoms with Gasteiger partial charge >= 0.3 is 0 Å². The predicted molar refractivity (Wildman–Crippen MR) is 47.1 cm³/mol. The minimum atomic E-state index is 0.399. The van der Waals surface area contributed by atoms with E-state index in [1.807, 2.05) is 0 Å². The van der Waals surface area contributed by atoms with E-state index >= 15 is 0 Å². The van der Waals surface area contributed by atoms with E-state index in [-0.39, 0.29) is 0 Å². The molecule has 0 bridgehead atoms. The summed E-state index contributed by atoms with van der Waals surface area (Å²) in [6, 6.07) is 0. The topological polar surface area (TPSA) is 18.5 Å². The molecular formula is C10H18O2. The Labute approximate surface area is 74.2 Å². The van der Waals surface area contributed by atoms with Crippen LogP contribution in [0.15, 0.2) is 0 Å². The van der Waals surface area contributed by atoms with Gasteiger partial charge in [-0.25, -0.2) is 0 Å². The van der Waals surface area contributed by atoms with Crippen LogP contribution in [0.1, 0.15) is 32.6 Å². The lowest BCUT2D eigenvalue weighted by Crippen LogP contribution is -2.35. The standard InChI is InChI=1S/C10H18O2/c1-8-3-4-9-10(7-8)12-6-2-5-11-9/h8-10H,2-7H2,1H3. The van der Waals surface area contributed by atoms with Gasteiger partial charge < -0.3 is 9.47 Å². The van der Waals surface area contributed by atoms with E-state index in [2.05, 4.69) is 6.92 Å². The Morgan fingerprint density at radius 1 is 1.00 bits per heavy atom. The lowest BCUT2D eigenvalue weighted by Gasteiger charge is -2.32. The predicted octanol–water partition coefficient (Wildman–Crippen LogP) is 1.98.